The number of aromatic nitrogens is 4. The molecular weight excluding hydrogens is 362 g/mol. The number of hydrogen-bond acceptors (Lipinski definition) is 5. The Morgan fingerprint density at radius 1 is 1.26 bits per heavy atom. The first-order valence-corrected chi connectivity index (χ1v) is 9.42. The summed E-state index contributed by atoms with van der Waals surface area (Å²) in [7, 11) is 1.63. The number of hydrogen-bond donors (Lipinski definition) is 2. The number of carbonyl (C=O) groups excluding carboxylic acids is 1. The molecule has 0 radical (unpaired) electrons. The fourth-order valence-electron chi connectivity index (χ4n) is 2.81. The molecule has 4 rings (SSSR count). The van der Waals surface area contributed by atoms with E-state index in [-0.39, 0.29) is 11.2 Å². The molecule has 2 aromatic heterocycles. The normalized spacial score (nSPS) is 12.4. The quantitative estimate of drug-likeness (QED) is 0.502. The SMILES string of the molecule is COc1ccc(CNC(=O)C(C)Sc2n[nH]c3nc4ccccc4n23)cc1. The largest absolute Gasteiger partial charge is 0.497 e. The van der Waals surface area contributed by atoms with Crippen LogP contribution in [-0.2, 0) is 11.3 Å². The van der Waals surface area contributed by atoms with Gasteiger partial charge in [0.05, 0.1) is 23.4 Å². The number of rotatable bonds is 6. The third-order valence-electron chi connectivity index (χ3n) is 4.28. The van der Waals surface area contributed by atoms with Crippen LogP contribution in [-0.4, -0.2) is 37.8 Å². The van der Waals surface area contributed by atoms with Crippen LogP contribution in [0.15, 0.2) is 53.7 Å². The molecule has 2 aromatic carbocycles. The molecule has 0 aliphatic rings. The molecule has 1 atom stereocenters. The number of amides is 1. The Bertz CT molecular complexity index is 1090. The molecule has 7 nitrogen and oxygen atoms in total. The maximum atomic E-state index is 12.5. The molecule has 1 unspecified atom stereocenters. The van der Waals surface area contributed by atoms with Crippen LogP contribution in [0.5, 0.6) is 5.75 Å². The van der Waals surface area contributed by atoms with E-state index in [9.17, 15) is 4.79 Å². The van der Waals surface area contributed by atoms with Crippen molar-refractivity contribution in [3.63, 3.8) is 0 Å². The van der Waals surface area contributed by atoms with Crippen LogP contribution in [0, 0.1) is 0 Å². The van der Waals surface area contributed by atoms with Gasteiger partial charge in [0, 0.05) is 6.54 Å². The Morgan fingerprint density at radius 2 is 2.04 bits per heavy atom. The van der Waals surface area contributed by atoms with Gasteiger partial charge >= 0.3 is 0 Å². The molecule has 4 aromatic rings. The van der Waals surface area contributed by atoms with Crippen molar-refractivity contribution in [1.82, 2.24) is 24.9 Å². The van der Waals surface area contributed by atoms with Crippen LogP contribution in [0.2, 0.25) is 0 Å². The highest BCUT2D eigenvalue weighted by Gasteiger charge is 2.19. The highest BCUT2D eigenvalue weighted by Crippen LogP contribution is 2.26. The lowest BCUT2D eigenvalue weighted by Gasteiger charge is -2.11. The van der Waals surface area contributed by atoms with Crippen molar-refractivity contribution in [3.8, 4) is 5.75 Å². The minimum atomic E-state index is -0.295. The fraction of sp³-hybridized carbons (Fsp3) is 0.211. The highest BCUT2D eigenvalue weighted by molar-refractivity contribution is 8.00. The third-order valence-corrected chi connectivity index (χ3v) is 5.33. The first-order valence-electron chi connectivity index (χ1n) is 8.54. The smallest absolute Gasteiger partial charge is 0.233 e. The number of fused-ring (bicyclic) bond motifs is 3. The molecule has 8 heteroatoms. The highest BCUT2D eigenvalue weighted by atomic mass is 32.2. The second-order valence-corrected chi connectivity index (χ2v) is 7.40. The van der Waals surface area contributed by atoms with Crippen molar-refractivity contribution < 1.29 is 9.53 Å². The van der Waals surface area contributed by atoms with Gasteiger partial charge in [0.25, 0.3) is 0 Å². The molecule has 1 amide bonds. The van der Waals surface area contributed by atoms with Gasteiger partial charge in [-0.05, 0) is 36.8 Å². The summed E-state index contributed by atoms with van der Waals surface area (Å²) in [6, 6.07) is 15.5. The van der Waals surface area contributed by atoms with E-state index in [0.29, 0.717) is 17.5 Å². The number of thioether (sulfide) groups is 1. The monoisotopic (exact) mass is 381 g/mol. The van der Waals surface area contributed by atoms with Crippen LogP contribution in [0.3, 0.4) is 0 Å². The number of para-hydroxylation sites is 2. The molecule has 0 spiro atoms. The van der Waals surface area contributed by atoms with Gasteiger partial charge < -0.3 is 10.1 Å². The first-order chi connectivity index (χ1) is 13.2. The van der Waals surface area contributed by atoms with Gasteiger partial charge in [-0.3, -0.25) is 9.20 Å². The maximum absolute atomic E-state index is 12.5. The Kier molecular flexibility index (Phi) is 4.72. The molecule has 0 saturated carbocycles. The van der Waals surface area contributed by atoms with Gasteiger partial charge in [-0.1, -0.05) is 36.0 Å². The van der Waals surface area contributed by atoms with E-state index in [1.807, 2.05) is 59.9 Å². The Morgan fingerprint density at radius 3 is 2.81 bits per heavy atom. The second-order valence-electron chi connectivity index (χ2n) is 6.09. The van der Waals surface area contributed by atoms with Crippen LogP contribution >= 0.6 is 11.8 Å². The molecule has 138 valence electrons. The summed E-state index contributed by atoms with van der Waals surface area (Å²) < 4.78 is 7.08. The van der Waals surface area contributed by atoms with Crippen molar-refractivity contribution in [2.75, 3.05) is 7.11 Å². The van der Waals surface area contributed by atoms with Crippen LogP contribution in [0.1, 0.15) is 12.5 Å². The molecule has 27 heavy (non-hydrogen) atoms. The predicted octanol–water partition coefficient (Wildman–Crippen LogP) is 3.02. The summed E-state index contributed by atoms with van der Waals surface area (Å²) in [6.45, 7) is 2.34. The van der Waals surface area contributed by atoms with Gasteiger partial charge in [-0.25, -0.2) is 10.1 Å². The summed E-state index contributed by atoms with van der Waals surface area (Å²) in [5.74, 6) is 1.42. The maximum Gasteiger partial charge on any atom is 0.233 e. The van der Waals surface area contributed by atoms with E-state index in [1.54, 1.807) is 7.11 Å². The lowest BCUT2D eigenvalue weighted by atomic mass is 10.2. The topological polar surface area (TPSA) is 84.3 Å². The summed E-state index contributed by atoms with van der Waals surface area (Å²) in [6.07, 6.45) is 0. The van der Waals surface area contributed by atoms with Gasteiger partial charge in [0.1, 0.15) is 5.75 Å². The predicted molar refractivity (Wildman–Crippen MR) is 105 cm³/mol. The molecule has 0 aliphatic heterocycles. The number of nitrogens with zero attached hydrogens (tertiary/aromatic N) is 3. The number of carbonyl (C=O) groups is 1. The van der Waals surface area contributed by atoms with Crippen LogP contribution in [0.25, 0.3) is 16.8 Å². The van der Waals surface area contributed by atoms with Crippen molar-refractivity contribution in [2.24, 2.45) is 0 Å². The molecule has 0 bridgehead atoms. The van der Waals surface area contributed by atoms with Crippen molar-refractivity contribution in [2.45, 2.75) is 23.9 Å². The van der Waals surface area contributed by atoms with Gasteiger partial charge in [-0.15, -0.1) is 5.10 Å². The van der Waals surface area contributed by atoms with Crippen molar-refractivity contribution in [1.29, 1.82) is 0 Å². The summed E-state index contributed by atoms with van der Waals surface area (Å²) in [5.41, 5.74) is 2.88. The van der Waals surface area contributed by atoms with E-state index in [0.717, 1.165) is 22.3 Å². The van der Waals surface area contributed by atoms with E-state index in [4.69, 9.17) is 4.74 Å². The molecule has 2 heterocycles. The zero-order chi connectivity index (χ0) is 18.8. The zero-order valence-electron chi connectivity index (χ0n) is 15.0. The molecular formula is C19H19N5O2S. The van der Waals surface area contributed by atoms with Crippen LogP contribution < -0.4 is 10.1 Å². The molecule has 2 N–H and O–H groups in total. The average Bonchev–Trinajstić information content (AvgIpc) is 3.26. The van der Waals surface area contributed by atoms with Gasteiger partial charge in [0.2, 0.25) is 11.7 Å². The third kappa shape index (κ3) is 3.48. The molecule has 0 saturated heterocycles. The van der Waals surface area contributed by atoms with E-state index < -0.39 is 0 Å². The van der Waals surface area contributed by atoms with Gasteiger partial charge in [-0.2, -0.15) is 0 Å². The zero-order valence-corrected chi connectivity index (χ0v) is 15.8. The lowest BCUT2D eigenvalue weighted by Crippen LogP contribution is -2.30. The number of H-pyrrole nitrogens is 1. The number of methoxy groups -OCH3 is 1. The lowest BCUT2D eigenvalue weighted by molar-refractivity contribution is -0.120. The number of imidazole rings is 1. The number of nitrogens with one attached hydrogen (secondary N) is 2. The van der Waals surface area contributed by atoms with E-state index in [1.165, 1.54) is 11.8 Å². The Balaban J connectivity index is 1.44. The number of benzene rings is 2. The van der Waals surface area contributed by atoms with Crippen LogP contribution in [0.4, 0.5) is 0 Å². The van der Waals surface area contributed by atoms with Crippen molar-refractivity contribution in [3.05, 3.63) is 54.1 Å². The molecule has 0 fully saturated rings. The fourth-order valence-corrected chi connectivity index (χ4v) is 3.70. The first kappa shape index (κ1) is 17.4. The minimum absolute atomic E-state index is 0.0450. The van der Waals surface area contributed by atoms with Gasteiger partial charge in [0.15, 0.2) is 5.16 Å². The Labute approximate surface area is 160 Å². The number of aromatic amines is 1. The second kappa shape index (κ2) is 7.32. The number of ether oxygens (including phenoxy) is 1. The summed E-state index contributed by atoms with van der Waals surface area (Å²) in [4.78, 5) is 17.0. The van der Waals surface area contributed by atoms with Crippen molar-refractivity contribution >= 4 is 34.5 Å². The average molecular weight is 381 g/mol. The van der Waals surface area contributed by atoms with E-state index in [2.05, 4.69) is 20.5 Å². The molecule has 0 aliphatic carbocycles. The van der Waals surface area contributed by atoms with E-state index >= 15 is 0 Å². The Hall–Kier alpha value is -3.00. The minimum Gasteiger partial charge on any atom is -0.497 e. The summed E-state index contributed by atoms with van der Waals surface area (Å²) >= 11 is 1.40. The summed E-state index contributed by atoms with van der Waals surface area (Å²) in [5, 5.41) is 10.6. The standard InChI is InChI=1S/C19H19N5O2S/c1-12(17(25)20-11-13-7-9-14(26-2)10-8-13)27-19-23-22-18-21-15-5-3-4-6-16(15)24(18)19/h3-10,12H,11H2,1-2H3,(H,20,25)(H,21,22).